The van der Waals surface area contributed by atoms with E-state index in [9.17, 15) is 8.42 Å². The van der Waals surface area contributed by atoms with Gasteiger partial charge in [0.2, 0.25) is 16.0 Å². The quantitative estimate of drug-likeness (QED) is 0.339. The van der Waals surface area contributed by atoms with Crippen LogP contribution in [-0.4, -0.2) is 36.6 Å². The van der Waals surface area contributed by atoms with Crippen molar-refractivity contribution in [2.45, 2.75) is 37.5 Å². The number of hydrogen-bond donors (Lipinski definition) is 4. The van der Waals surface area contributed by atoms with Crippen LogP contribution in [0.4, 0.5) is 17.5 Å². The Kier molecular flexibility index (Phi) is 9.02. The van der Waals surface area contributed by atoms with Crippen LogP contribution in [-0.2, 0) is 10.0 Å². The summed E-state index contributed by atoms with van der Waals surface area (Å²) < 4.78 is 27.9. The molecule has 2 aromatic rings. The number of halogens is 1. The van der Waals surface area contributed by atoms with Crippen LogP contribution in [0.15, 0.2) is 52.1 Å². The van der Waals surface area contributed by atoms with Gasteiger partial charge < -0.3 is 15.7 Å². The molecule has 0 fully saturated rings. The maximum Gasteiger partial charge on any atom is 0.240 e. The lowest BCUT2D eigenvalue weighted by molar-refractivity contribution is 0.333. The second-order valence-electron chi connectivity index (χ2n) is 6.38. The molecule has 10 heteroatoms. The van der Waals surface area contributed by atoms with Gasteiger partial charge in [0.15, 0.2) is 0 Å². The fourth-order valence-electron chi connectivity index (χ4n) is 2.41. The zero-order chi connectivity index (χ0) is 21.3. The number of anilines is 3. The summed E-state index contributed by atoms with van der Waals surface area (Å²) in [5, 5.41) is 15.0. The lowest BCUT2D eigenvalue weighted by Crippen LogP contribution is -2.24. The minimum atomic E-state index is -3.52. The largest absolute Gasteiger partial charge is 0.390 e. The Balaban J connectivity index is 2.01. The van der Waals surface area contributed by atoms with Crippen molar-refractivity contribution in [1.82, 2.24) is 14.7 Å². The first kappa shape index (κ1) is 23.3. The van der Waals surface area contributed by atoms with E-state index in [1.165, 1.54) is 12.1 Å². The standard InChI is InChI=1S/C19H26BrN5O3S/c1-3-4-5-6-11-22-29(27,28)16-9-7-15(8-10-16)24-19-21-12-17(20)18(25-19)23-14(2)13-26/h7-10,12,22,26H,2-6,11,13H2,1H3,(H2,21,23,24,25). The van der Waals surface area contributed by atoms with E-state index in [4.69, 9.17) is 5.11 Å². The van der Waals surface area contributed by atoms with E-state index in [-0.39, 0.29) is 11.5 Å². The molecule has 0 saturated heterocycles. The summed E-state index contributed by atoms with van der Waals surface area (Å²) in [6, 6.07) is 6.36. The number of nitrogens with zero attached hydrogens (tertiary/aromatic N) is 2. The minimum Gasteiger partial charge on any atom is -0.390 e. The molecule has 0 amide bonds. The Morgan fingerprint density at radius 3 is 2.59 bits per heavy atom. The fraction of sp³-hybridized carbons (Fsp3) is 0.368. The highest BCUT2D eigenvalue weighted by Gasteiger charge is 2.13. The molecule has 0 saturated carbocycles. The molecule has 4 N–H and O–H groups in total. The molecule has 0 aliphatic heterocycles. The molecule has 0 bridgehead atoms. The second-order valence-corrected chi connectivity index (χ2v) is 9.01. The van der Waals surface area contributed by atoms with Crippen LogP contribution >= 0.6 is 15.9 Å². The van der Waals surface area contributed by atoms with E-state index in [1.54, 1.807) is 18.3 Å². The van der Waals surface area contributed by atoms with Gasteiger partial charge in [-0.25, -0.2) is 18.1 Å². The molecule has 0 aliphatic carbocycles. The Morgan fingerprint density at radius 2 is 1.93 bits per heavy atom. The fourth-order valence-corrected chi connectivity index (χ4v) is 3.77. The number of rotatable bonds is 12. The Bertz CT molecular complexity index is 920. The van der Waals surface area contributed by atoms with Gasteiger partial charge >= 0.3 is 0 Å². The highest BCUT2D eigenvalue weighted by Crippen LogP contribution is 2.23. The molecule has 1 heterocycles. The smallest absolute Gasteiger partial charge is 0.240 e. The molecule has 1 aromatic carbocycles. The molecule has 0 atom stereocenters. The number of nitrogens with one attached hydrogen (secondary N) is 3. The summed E-state index contributed by atoms with van der Waals surface area (Å²) >= 11 is 3.33. The number of aromatic nitrogens is 2. The van der Waals surface area contributed by atoms with Crippen LogP contribution in [0.2, 0.25) is 0 Å². The third-order valence-corrected chi connectivity index (χ3v) is 6.03. The maximum atomic E-state index is 12.3. The van der Waals surface area contributed by atoms with Crippen LogP contribution in [0.3, 0.4) is 0 Å². The number of benzene rings is 1. The number of hydrogen-bond acceptors (Lipinski definition) is 7. The lowest BCUT2D eigenvalue weighted by Gasteiger charge is -2.11. The third-order valence-electron chi connectivity index (χ3n) is 3.97. The summed E-state index contributed by atoms with van der Waals surface area (Å²) in [6.07, 6.45) is 5.61. The Hall–Kier alpha value is -2.01. The van der Waals surface area contributed by atoms with Gasteiger partial charge in [-0.3, -0.25) is 0 Å². The second kappa shape index (κ2) is 11.2. The topological polar surface area (TPSA) is 116 Å². The van der Waals surface area contributed by atoms with Crippen molar-refractivity contribution in [1.29, 1.82) is 0 Å². The monoisotopic (exact) mass is 483 g/mol. The van der Waals surface area contributed by atoms with Crippen molar-refractivity contribution in [2.75, 3.05) is 23.8 Å². The summed E-state index contributed by atoms with van der Waals surface area (Å²) in [4.78, 5) is 8.69. The van der Waals surface area contributed by atoms with E-state index in [0.29, 0.717) is 34.2 Å². The summed E-state index contributed by atoms with van der Waals surface area (Å²) in [6.45, 7) is 5.99. The Morgan fingerprint density at radius 1 is 1.21 bits per heavy atom. The van der Waals surface area contributed by atoms with Gasteiger partial charge in [0.25, 0.3) is 0 Å². The predicted octanol–water partition coefficient (Wildman–Crippen LogP) is 3.76. The molecular formula is C19H26BrN5O3S. The van der Waals surface area contributed by atoms with Crippen molar-refractivity contribution in [3.8, 4) is 0 Å². The van der Waals surface area contributed by atoms with Crippen LogP contribution in [0.5, 0.6) is 0 Å². The van der Waals surface area contributed by atoms with Crippen molar-refractivity contribution in [2.24, 2.45) is 0 Å². The summed E-state index contributed by atoms with van der Waals surface area (Å²) in [5.41, 5.74) is 1.04. The van der Waals surface area contributed by atoms with E-state index >= 15 is 0 Å². The molecule has 1 aromatic heterocycles. The van der Waals surface area contributed by atoms with Gasteiger partial charge in [-0.05, 0) is 46.6 Å². The van der Waals surface area contributed by atoms with Gasteiger partial charge in [0, 0.05) is 24.1 Å². The molecule has 0 aliphatic rings. The maximum absolute atomic E-state index is 12.3. The van der Waals surface area contributed by atoms with Crippen molar-refractivity contribution in [3.63, 3.8) is 0 Å². The molecular weight excluding hydrogens is 458 g/mol. The first-order chi connectivity index (χ1) is 13.9. The number of aliphatic hydroxyl groups excluding tert-OH is 1. The first-order valence-corrected chi connectivity index (χ1v) is 11.6. The lowest BCUT2D eigenvalue weighted by atomic mass is 10.2. The number of sulfonamides is 1. The van der Waals surface area contributed by atoms with Crippen LogP contribution < -0.4 is 15.4 Å². The molecule has 8 nitrogen and oxygen atoms in total. The van der Waals surface area contributed by atoms with E-state index in [0.717, 1.165) is 25.7 Å². The first-order valence-electron chi connectivity index (χ1n) is 9.30. The van der Waals surface area contributed by atoms with Gasteiger partial charge in [0.05, 0.1) is 16.0 Å². The number of aliphatic hydroxyl groups is 1. The van der Waals surface area contributed by atoms with Crippen LogP contribution in [0.25, 0.3) is 0 Å². The van der Waals surface area contributed by atoms with Gasteiger partial charge in [0.1, 0.15) is 5.82 Å². The zero-order valence-corrected chi connectivity index (χ0v) is 18.7. The number of unbranched alkanes of at least 4 members (excludes halogenated alkanes) is 3. The average molecular weight is 484 g/mol. The van der Waals surface area contributed by atoms with Crippen LogP contribution in [0, 0.1) is 0 Å². The van der Waals surface area contributed by atoms with Crippen molar-refractivity contribution >= 4 is 43.4 Å². The van der Waals surface area contributed by atoms with Gasteiger partial charge in [-0.1, -0.05) is 32.8 Å². The van der Waals surface area contributed by atoms with E-state index < -0.39 is 10.0 Å². The van der Waals surface area contributed by atoms with Gasteiger partial charge in [-0.15, -0.1) is 0 Å². The molecule has 0 unspecified atom stereocenters. The van der Waals surface area contributed by atoms with Crippen molar-refractivity contribution in [3.05, 3.63) is 47.2 Å². The zero-order valence-electron chi connectivity index (χ0n) is 16.3. The van der Waals surface area contributed by atoms with E-state index in [2.05, 4.69) is 54.8 Å². The molecule has 29 heavy (non-hydrogen) atoms. The highest BCUT2D eigenvalue weighted by molar-refractivity contribution is 9.10. The van der Waals surface area contributed by atoms with E-state index in [1.807, 2.05) is 0 Å². The average Bonchev–Trinajstić information content (AvgIpc) is 2.70. The third kappa shape index (κ3) is 7.39. The summed E-state index contributed by atoms with van der Waals surface area (Å²) in [7, 11) is -3.52. The SMILES string of the molecule is C=C(CO)Nc1nc(Nc2ccc(S(=O)(=O)NCCCCCC)cc2)ncc1Br. The molecule has 0 spiro atoms. The Labute approximate surface area is 180 Å². The normalized spacial score (nSPS) is 11.3. The predicted molar refractivity (Wildman–Crippen MR) is 119 cm³/mol. The van der Waals surface area contributed by atoms with Gasteiger partial charge in [-0.2, -0.15) is 4.98 Å². The molecule has 158 valence electrons. The molecule has 2 rings (SSSR count). The summed E-state index contributed by atoms with van der Waals surface area (Å²) in [5.74, 6) is 0.763. The molecule has 0 radical (unpaired) electrons. The van der Waals surface area contributed by atoms with Crippen LogP contribution in [0.1, 0.15) is 32.6 Å². The highest BCUT2D eigenvalue weighted by atomic mass is 79.9. The van der Waals surface area contributed by atoms with Crippen molar-refractivity contribution < 1.29 is 13.5 Å². The minimum absolute atomic E-state index is 0.205.